The van der Waals surface area contributed by atoms with E-state index in [2.05, 4.69) is 15.5 Å². The summed E-state index contributed by atoms with van der Waals surface area (Å²) in [6.45, 7) is 2.17. The van der Waals surface area contributed by atoms with Crippen molar-refractivity contribution < 1.29 is 0 Å². The van der Waals surface area contributed by atoms with Gasteiger partial charge in [-0.15, -0.1) is 22.6 Å². The first kappa shape index (κ1) is 12.0. The largest absolute Gasteiger partial charge is 0.316 e. The fourth-order valence-corrected chi connectivity index (χ4v) is 2.38. The molecule has 2 heterocycles. The van der Waals surface area contributed by atoms with E-state index in [1.807, 2.05) is 6.07 Å². The van der Waals surface area contributed by atoms with E-state index >= 15 is 0 Å². The minimum Gasteiger partial charge on any atom is -0.316 e. The summed E-state index contributed by atoms with van der Waals surface area (Å²) in [5, 5.41) is 13.1. The molecule has 14 heavy (non-hydrogen) atoms. The Balaban J connectivity index is 0.000000980. The zero-order valence-corrected chi connectivity index (χ0v) is 9.83. The molecule has 0 unspecified atom stereocenters. The number of hydrogen-bond donors (Lipinski definition) is 1. The van der Waals surface area contributed by atoms with Crippen LogP contribution in [-0.2, 0) is 0 Å². The molecule has 78 valence electrons. The van der Waals surface area contributed by atoms with Crippen LogP contribution in [0.5, 0.6) is 0 Å². The van der Waals surface area contributed by atoms with Crippen LogP contribution < -0.4 is 5.32 Å². The predicted octanol–water partition coefficient (Wildman–Crippen LogP) is 2.01. The number of hydrogen-bond acceptors (Lipinski definition) is 4. The molecule has 1 aliphatic rings. The number of thioether (sulfide) groups is 1. The molecule has 0 spiro atoms. The van der Waals surface area contributed by atoms with Crippen molar-refractivity contribution in [1.29, 1.82) is 0 Å². The average Bonchev–Trinajstić information content (AvgIpc) is 2.62. The lowest BCUT2D eigenvalue weighted by Gasteiger charge is -2.05. The average molecular weight is 252 g/mol. The zero-order valence-electron chi connectivity index (χ0n) is 7.44. The van der Waals surface area contributed by atoms with Crippen molar-refractivity contribution >= 4 is 35.8 Å². The normalized spacial score (nSPS) is 20.5. The van der Waals surface area contributed by atoms with Crippen LogP contribution in [-0.4, -0.2) is 28.5 Å². The van der Waals surface area contributed by atoms with Gasteiger partial charge >= 0.3 is 0 Å². The Bertz CT molecular complexity index is 274. The van der Waals surface area contributed by atoms with Gasteiger partial charge in [-0.25, -0.2) is 0 Å². The van der Waals surface area contributed by atoms with Crippen LogP contribution in [0, 0.1) is 0 Å². The standard InChI is InChI=1S/C8H10ClN3S.ClH/c9-7-1-2-8(12-11-7)13-6-3-4-10-5-6;/h1-2,6,10H,3-5H2;1H/t6-;/m1./s1. The van der Waals surface area contributed by atoms with E-state index in [1.54, 1.807) is 17.8 Å². The fourth-order valence-electron chi connectivity index (χ4n) is 1.27. The highest BCUT2D eigenvalue weighted by Crippen LogP contribution is 2.24. The molecule has 0 saturated carbocycles. The van der Waals surface area contributed by atoms with Gasteiger partial charge in [0.15, 0.2) is 5.15 Å². The van der Waals surface area contributed by atoms with Crippen LogP contribution in [0.1, 0.15) is 6.42 Å². The molecule has 0 aromatic carbocycles. The summed E-state index contributed by atoms with van der Waals surface area (Å²) in [6, 6.07) is 3.69. The third-order valence-corrected chi connectivity index (χ3v) is 3.31. The number of rotatable bonds is 2. The highest BCUT2D eigenvalue weighted by atomic mass is 35.5. The van der Waals surface area contributed by atoms with Gasteiger partial charge in [-0.1, -0.05) is 23.4 Å². The van der Waals surface area contributed by atoms with E-state index in [0.717, 1.165) is 18.1 Å². The van der Waals surface area contributed by atoms with Gasteiger partial charge in [0.2, 0.25) is 0 Å². The van der Waals surface area contributed by atoms with Gasteiger partial charge in [0.25, 0.3) is 0 Å². The van der Waals surface area contributed by atoms with Crippen LogP contribution in [0.2, 0.25) is 5.15 Å². The number of nitrogens with one attached hydrogen (secondary N) is 1. The second kappa shape index (κ2) is 5.75. The summed E-state index contributed by atoms with van der Waals surface area (Å²) in [5.41, 5.74) is 0. The lowest BCUT2D eigenvalue weighted by Crippen LogP contribution is -2.10. The predicted molar refractivity (Wildman–Crippen MR) is 61.4 cm³/mol. The molecule has 3 nitrogen and oxygen atoms in total. The van der Waals surface area contributed by atoms with Gasteiger partial charge in [0.05, 0.1) is 0 Å². The van der Waals surface area contributed by atoms with Crippen molar-refractivity contribution in [2.45, 2.75) is 16.7 Å². The van der Waals surface area contributed by atoms with Gasteiger partial charge in [-0.05, 0) is 25.1 Å². The molecule has 0 amide bonds. The van der Waals surface area contributed by atoms with Crippen LogP contribution in [0.3, 0.4) is 0 Å². The summed E-state index contributed by atoms with van der Waals surface area (Å²) in [4.78, 5) is 0. The Labute approximate surface area is 98.4 Å². The Morgan fingerprint density at radius 1 is 1.43 bits per heavy atom. The Morgan fingerprint density at radius 3 is 2.86 bits per heavy atom. The van der Waals surface area contributed by atoms with Crippen LogP contribution in [0.15, 0.2) is 17.2 Å². The van der Waals surface area contributed by atoms with E-state index in [0.29, 0.717) is 10.4 Å². The van der Waals surface area contributed by atoms with Gasteiger partial charge in [-0.2, -0.15) is 0 Å². The molecule has 1 N–H and O–H groups in total. The monoisotopic (exact) mass is 251 g/mol. The van der Waals surface area contributed by atoms with Crippen molar-refractivity contribution in [2.75, 3.05) is 13.1 Å². The smallest absolute Gasteiger partial charge is 0.151 e. The van der Waals surface area contributed by atoms with E-state index in [9.17, 15) is 0 Å². The van der Waals surface area contributed by atoms with Gasteiger partial charge in [0.1, 0.15) is 5.03 Å². The van der Waals surface area contributed by atoms with Crippen molar-refractivity contribution in [3.05, 3.63) is 17.3 Å². The molecule has 1 fully saturated rings. The molecule has 0 bridgehead atoms. The first-order valence-electron chi connectivity index (χ1n) is 4.21. The quantitative estimate of drug-likeness (QED) is 0.873. The third kappa shape index (κ3) is 3.28. The highest BCUT2D eigenvalue weighted by Gasteiger charge is 2.16. The molecule has 0 radical (unpaired) electrons. The second-order valence-corrected chi connectivity index (χ2v) is 4.63. The minimum atomic E-state index is 0. The van der Waals surface area contributed by atoms with Crippen LogP contribution >= 0.6 is 35.8 Å². The molecular formula is C8H11Cl2N3S. The first-order chi connectivity index (χ1) is 6.34. The molecule has 1 aliphatic heterocycles. The molecule has 1 aromatic heterocycles. The van der Waals surface area contributed by atoms with E-state index in [4.69, 9.17) is 11.6 Å². The number of nitrogens with zero attached hydrogens (tertiary/aromatic N) is 2. The SMILES string of the molecule is Cl.Clc1ccc(S[C@@H]2CCNC2)nn1. The summed E-state index contributed by atoms with van der Waals surface area (Å²) in [7, 11) is 0. The van der Waals surface area contributed by atoms with Crippen molar-refractivity contribution in [3.63, 3.8) is 0 Å². The molecule has 1 atom stereocenters. The maximum absolute atomic E-state index is 5.63. The van der Waals surface area contributed by atoms with E-state index in [1.165, 1.54) is 6.42 Å². The first-order valence-corrected chi connectivity index (χ1v) is 5.47. The van der Waals surface area contributed by atoms with Gasteiger partial charge in [-0.3, -0.25) is 0 Å². The molecule has 2 rings (SSSR count). The van der Waals surface area contributed by atoms with Crippen molar-refractivity contribution in [2.24, 2.45) is 0 Å². The van der Waals surface area contributed by atoms with Crippen molar-refractivity contribution in [3.8, 4) is 0 Å². The zero-order chi connectivity index (χ0) is 9.10. The third-order valence-electron chi connectivity index (χ3n) is 1.91. The summed E-state index contributed by atoms with van der Waals surface area (Å²) >= 11 is 7.40. The van der Waals surface area contributed by atoms with Gasteiger partial charge < -0.3 is 5.32 Å². The maximum atomic E-state index is 5.63. The van der Waals surface area contributed by atoms with Crippen molar-refractivity contribution in [1.82, 2.24) is 15.5 Å². The lowest BCUT2D eigenvalue weighted by molar-refractivity contribution is 0.857. The molecule has 0 aliphatic carbocycles. The van der Waals surface area contributed by atoms with Crippen LogP contribution in [0.25, 0.3) is 0 Å². The number of aromatic nitrogens is 2. The Kier molecular flexibility index (Phi) is 4.95. The molecule has 6 heteroatoms. The maximum Gasteiger partial charge on any atom is 0.151 e. The number of halogens is 2. The van der Waals surface area contributed by atoms with Gasteiger partial charge in [0, 0.05) is 11.8 Å². The Morgan fingerprint density at radius 2 is 2.29 bits per heavy atom. The van der Waals surface area contributed by atoms with E-state index < -0.39 is 0 Å². The lowest BCUT2D eigenvalue weighted by atomic mass is 10.4. The second-order valence-electron chi connectivity index (χ2n) is 2.93. The topological polar surface area (TPSA) is 37.8 Å². The minimum absolute atomic E-state index is 0. The highest BCUT2D eigenvalue weighted by molar-refractivity contribution is 7.99. The molecule has 1 aromatic rings. The molecular weight excluding hydrogens is 241 g/mol. The van der Waals surface area contributed by atoms with E-state index in [-0.39, 0.29) is 12.4 Å². The fraction of sp³-hybridized carbons (Fsp3) is 0.500. The molecule has 1 saturated heterocycles. The van der Waals surface area contributed by atoms with Crippen LogP contribution in [0.4, 0.5) is 0 Å². The summed E-state index contributed by atoms with van der Waals surface area (Å²) in [6.07, 6.45) is 1.20. The Hall–Kier alpha value is -0.0300. The summed E-state index contributed by atoms with van der Waals surface area (Å²) < 4.78 is 0. The summed E-state index contributed by atoms with van der Waals surface area (Å²) in [5.74, 6) is 0.